The molecule has 148 valence electrons. The SMILES string of the molecule is CO[C@]1(NC(=O)[C@@H](C)NC(=O)CC[C@H](C)C(=O)O)CN(S(=O)(=O)O)C1=O. The summed E-state index contributed by atoms with van der Waals surface area (Å²) >= 11 is 0. The number of rotatable bonds is 9. The fourth-order valence-corrected chi connectivity index (χ4v) is 2.79. The van der Waals surface area contributed by atoms with Crippen LogP contribution in [-0.4, -0.2) is 71.5 Å². The van der Waals surface area contributed by atoms with E-state index in [1.807, 2.05) is 0 Å². The van der Waals surface area contributed by atoms with Gasteiger partial charge in [0, 0.05) is 13.5 Å². The summed E-state index contributed by atoms with van der Waals surface area (Å²) in [5.41, 5.74) is -1.95. The van der Waals surface area contributed by atoms with Crippen LogP contribution in [0.25, 0.3) is 0 Å². The van der Waals surface area contributed by atoms with Gasteiger partial charge in [-0.05, 0) is 13.3 Å². The van der Waals surface area contributed by atoms with Crippen molar-refractivity contribution in [1.29, 1.82) is 0 Å². The van der Waals surface area contributed by atoms with Crippen LogP contribution in [0.4, 0.5) is 0 Å². The van der Waals surface area contributed by atoms with Gasteiger partial charge >= 0.3 is 16.3 Å². The van der Waals surface area contributed by atoms with Gasteiger partial charge in [0.15, 0.2) is 0 Å². The summed E-state index contributed by atoms with van der Waals surface area (Å²) < 4.78 is 35.8. The number of methoxy groups -OCH3 is 1. The number of carboxylic acid groups (broad SMARTS) is 1. The molecule has 0 aromatic rings. The number of carbonyl (C=O) groups is 4. The van der Waals surface area contributed by atoms with E-state index in [1.54, 1.807) is 0 Å². The average Bonchev–Trinajstić information content (AvgIpc) is 2.53. The first-order valence-corrected chi connectivity index (χ1v) is 8.92. The Morgan fingerprint density at radius 1 is 1.35 bits per heavy atom. The molecule has 26 heavy (non-hydrogen) atoms. The summed E-state index contributed by atoms with van der Waals surface area (Å²) in [7, 11) is -3.69. The van der Waals surface area contributed by atoms with Crippen molar-refractivity contribution < 1.29 is 42.0 Å². The molecule has 0 bridgehead atoms. The molecule has 3 amide bonds. The third-order valence-corrected chi connectivity index (χ3v) is 4.74. The predicted molar refractivity (Wildman–Crippen MR) is 84.8 cm³/mol. The number of aliphatic carboxylic acids is 1. The number of hydrogen-bond donors (Lipinski definition) is 4. The molecular weight excluding hydrogens is 374 g/mol. The first-order chi connectivity index (χ1) is 11.8. The maximum atomic E-state index is 12.1. The van der Waals surface area contributed by atoms with E-state index >= 15 is 0 Å². The molecule has 1 aliphatic heterocycles. The molecule has 0 spiro atoms. The maximum absolute atomic E-state index is 12.1. The lowest BCUT2D eigenvalue weighted by molar-refractivity contribution is -0.180. The Hall–Kier alpha value is -2.25. The highest BCUT2D eigenvalue weighted by Gasteiger charge is 2.58. The minimum absolute atomic E-state index is 0.0827. The molecule has 0 radical (unpaired) electrons. The van der Waals surface area contributed by atoms with Crippen molar-refractivity contribution in [3.63, 3.8) is 0 Å². The lowest BCUT2D eigenvalue weighted by Gasteiger charge is -2.45. The monoisotopic (exact) mass is 395 g/mol. The number of hydrogen-bond acceptors (Lipinski definition) is 7. The Balaban J connectivity index is 2.60. The second-order valence-electron chi connectivity index (χ2n) is 5.88. The van der Waals surface area contributed by atoms with E-state index < -0.39 is 58.2 Å². The number of ether oxygens (including phenoxy) is 1. The van der Waals surface area contributed by atoms with E-state index in [9.17, 15) is 27.6 Å². The Kier molecular flexibility index (Phi) is 6.68. The van der Waals surface area contributed by atoms with Gasteiger partial charge in [0.05, 0.1) is 12.5 Å². The molecule has 1 heterocycles. The molecule has 1 rings (SSSR count). The molecule has 0 unspecified atom stereocenters. The van der Waals surface area contributed by atoms with Crippen LogP contribution < -0.4 is 10.6 Å². The molecular formula is C13H21N3O9S. The van der Waals surface area contributed by atoms with Gasteiger partial charge in [-0.3, -0.25) is 23.7 Å². The van der Waals surface area contributed by atoms with Crippen molar-refractivity contribution in [3.05, 3.63) is 0 Å². The fourth-order valence-electron chi connectivity index (χ4n) is 2.09. The first kappa shape index (κ1) is 21.8. The lowest BCUT2D eigenvalue weighted by atomic mass is 10.0. The minimum Gasteiger partial charge on any atom is -0.481 e. The molecule has 4 N–H and O–H groups in total. The summed E-state index contributed by atoms with van der Waals surface area (Å²) in [4.78, 5) is 46.4. The molecule has 0 aliphatic carbocycles. The molecule has 1 aliphatic rings. The molecule has 12 nitrogen and oxygen atoms in total. The summed E-state index contributed by atoms with van der Waals surface area (Å²) in [6.07, 6.45) is -0.0324. The zero-order chi connectivity index (χ0) is 20.3. The number of carboxylic acids is 1. The molecule has 1 fully saturated rings. The molecule has 0 aromatic carbocycles. The number of nitrogens with zero attached hydrogens (tertiary/aromatic N) is 1. The smallest absolute Gasteiger partial charge is 0.362 e. The molecule has 3 atom stereocenters. The predicted octanol–water partition coefficient (Wildman–Crippen LogP) is -1.90. The Morgan fingerprint density at radius 2 is 1.92 bits per heavy atom. The van der Waals surface area contributed by atoms with E-state index in [4.69, 9.17) is 14.4 Å². The number of carbonyl (C=O) groups excluding carboxylic acids is 3. The van der Waals surface area contributed by atoms with Crippen molar-refractivity contribution in [1.82, 2.24) is 14.9 Å². The van der Waals surface area contributed by atoms with Gasteiger partial charge in [-0.15, -0.1) is 0 Å². The number of β-lactam (4-membered cyclic amide) rings is 1. The standard InChI is InChI=1S/C13H21N3O9S/c1-7(11(19)20)4-5-9(17)14-8(2)10(18)15-13(25-3)6-16(12(13)21)26(22,23)24/h7-8H,4-6H2,1-3H3,(H,14,17)(H,15,18)(H,19,20)(H,22,23,24)/t7-,8+,13+/m0/s1. The van der Waals surface area contributed by atoms with Crippen LogP contribution in [-0.2, 0) is 34.2 Å². The van der Waals surface area contributed by atoms with Crippen LogP contribution in [0.5, 0.6) is 0 Å². The van der Waals surface area contributed by atoms with Crippen molar-refractivity contribution in [2.75, 3.05) is 13.7 Å². The third kappa shape index (κ3) is 4.89. The van der Waals surface area contributed by atoms with Gasteiger partial charge in [-0.25, -0.2) is 4.31 Å². The summed E-state index contributed by atoms with van der Waals surface area (Å²) in [6.45, 7) is 2.14. The maximum Gasteiger partial charge on any atom is 0.362 e. The largest absolute Gasteiger partial charge is 0.481 e. The normalized spacial score (nSPS) is 22.2. The van der Waals surface area contributed by atoms with Crippen LogP contribution in [0.15, 0.2) is 0 Å². The van der Waals surface area contributed by atoms with Crippen LogP contribution in [0.3, 0.4) is 0 Å². The van der Waals surface area contributed by atoms with E-state index in [1.165, 1.54) is 13.8 Å². The summed E-state index contributed by atoms with van der Waals surface area (Å²) in [5, 5.41) is 13.3. The minimum atomic E-state index is -4.76. The Labute approximate surface area is 149 Å². The molecule has 0 saturated carbocycles. The Morgan fingerprint density at radius 3 is 2.35 bits per heavy atom. The van der Waals surface area contributed by atoms with E-state index in [0.717, 1.165) is 7.11 Å². The number of amides is 3. The van der Waals surface area contributed by atoms with Crippen molar-refractivity contribution >= 4 is 34.0 Å². The lowest BCUT2D eigenvalue weighted by Crippen LogP contribution is -2.76. The fraction of sp³-hybridized carbons (Fsp3) is 0.692. The first-order valence-electron chi connectivity index (χ1n) is 7.53. The van der Waals surface area contributed by atoms with E-state index in [-0.39, 0.29) is 17.1 Å². The Bertz CT molecular complexity index is 708. The highest BCUT2D eigenvalue weighted by Crippen LogP contribution is 2.26. The van der Waals surface area contributed by atoms with Gasteiger partial charge in [0.25, 0.3) is 5.91 Å². The number of nitrogens with one attached hydrogen (secondary N) is 2. The topological polar surface area (TPSA) is 179 Å². The third-order valence-electron chi connectivity index (χ3n) is 3.89. The van der Waals surface area contributed by atoms with E-state index in [0.29, 0.717) is 0 Å². The van der Waals surface area contributed by atoms with Gasteiger partial charge in [-0.2, -0.15) is 8.42 Å². The zero-order valence-corrected chi connectivity index (χ0v) is 15.2. The van der Waals surface area contributed by atoms with E-state index in [2.05, 4.69) is 10.6 Å². The van der Waals surface area contributed by atoms with Crippen LogP contribution in [0.1, 0.15) is 26.7 Å². The second-order valence-corrected chi connectivity index (χ2v) is 7.21. The summed E-state index contributed by atoms with van der Waals surface area (Å²) in [5.74, 6) is -4.33. The van der Waals surface area contributed by atoms with Gasteiger partial charge < -0.3 is 20.5 Å². The molecule has 0 aromatic heterocycles. The van der Waals surface area contributed by atoms with Crippen LogP contribution in [0.2, 0.25) is 0 Å². The average molecular weight is 395 g/mol. The second kappa shape index (κ2) is 7.97. The van der Waals surface area contributed by atoms with Crippen molar-refractivity contribution in [2.24, 2.45) is 5.92 Å². The molecule has 1 saturated heterocycles. The van der Waals surface area contributed by atoms with Crippen LogP contribution in [0, 0.1) is 5.92 Å². The zero-order valence-electron chi connectivity index (χ0n) is 14.4. The van der Waals surface area contributed by atoms with Gasteiger partial charge in [0.2, 0.25) is 17.5 Å². The highest BCUT2D eigenvalue weighted by atomic mass is 32.2. The van der Waals surface area contributed by atoms with Crippen LogP contribution >= 0.6 is 0 Å². The quantitative estimate of drug-likeness (QED) is 0.197. The van der Waals surface area contributed by atoms with Crippen molar-refractivity contribution in [3.8, 4) is 0 Å². The highest BCUT2D eigenvalue weighted by molar-refractivity contribution is 7.84. The molecule has 13 heteroatoms. The van der Waals surface area contributed by atoms with Gasteiger partial charge in [0.1, 0.15) is 6.04 Å². The summed E-state index contributed by atoms with van der Waals surface area (Å²) in [6, 6.07) is -1.10. The van der Waals surface area contributed by atoms with Crippen molar-refractivity contribution in [2.45, 2.75) is 38.5 Å². The van der Waals surface area contributed by atoms with Gasteiger partial charge in [-0.1, -0.05) is 6.92 Å².